The summed E-state index contributed by atoms with van der Waals surface area (Å²) >= 11 is 1.36. The van der Waals surface area contributed by atoms with Gasteiger partial charge in [0.05, 0.1) is 6.42 Å². The van der Waals surface area contributed by atoms with Crippen LogP contribution < -0.4 is 11.1 Å². The molecule has 0 saturated heterocycles. The summed E-state index contributed by atoms with van der Waals surface area (Å²) in [5.74, 6) is -0.108. The fourth-order valence-electron chi connectivity index (χ4n) is 2.80. The van der Waals surface area contributed by atoms with E-state index in [1.165, 1.54) is 17.8 Å². The predicted molar refractivity (Wildman–Crippen MR) is 90.0 cm³/mol. The van der Waals surface area contributed by atoms with Gasteiger partial charge in [-0.3, -0.25) is 9.59 Å². The lowest BCUT2D eigenvalue weighted by Gasteiger charge is -2.30. The maximum Gasteiger partial charge on any atom is 0.306 e. The van der Waals surface area contributed by atoms with E-state index in [1.54, 1.807) is 13.1 Å². The molecule has 1 aliphatic carbocycles. The van der Waals surface area contributed by atoms with Gasteiger partial charge in [0.15, 0.2) is 11.2 Å². The van der Waals surface area contributed by atoms with Gasteiger partial charge in [0.2, 0.25) is 0 Å². The van der Waals surface area contributed by atoms with Gasteiger partial charge in [-0.25, -0.2) is 4.98 Å². The number of nitrogens with zero attached hydrogens (tertiary/aromatic N) is 1. The molecular formula is C16H25N3O3S. The summed E-state index contributed by atoms with van der Waals surface area (Å²) in [5, 5.41) is 3.50. The number of aromatic nitrogens is 1. The van der Waals surface area contributed by atoms with Crippen LogP contribution in [0.2, 0.25) is 0 Å². The molecule has 0 radical (unpaired) electrons. The second-order valence-corrected chi connectivity index (χ2v) is 7.32. The quantitative estimate of drug-likeness (QED) is 0.776. The smallest absolute Gasteiger partial charge is 0.306 e. The third-order valence-electron chi connectivity index (χ3n) is 4.26. The average Bonchev–Trinajstić information content (AvgIpc) is 2.93. The summed E-state index contributed by atoms with van der Waals surface area (Å²) in [6, 6.07) is 0.192. The van der Waals surface area contributed by atoms with Crippen molar-refractivity contribution < 1.29 is 14.3 Å². The first-order valence-electron chi connectivity index (χ1n) is 8.15. The Hall–Kier alpha value is -1.63. The molecular weight excluding hydrogens is 314 g/mol. The van der Waals surface area contributed by atoms with Gasteiger partial charge in [0.1, 0.15) is 0 Å². The van der Waals surface area contributed by atoms with E-state index in [9.17, 15) is 9.59 Å². The van der Waals surface area contributed by atoms with Crippen molar-refractivity contribution in [3.63, 3.8) is 0 Å². The molecule has 23 heavy (non-hydrogen) atoms. The number of esters is 1. The first-order valence-corrected chi connectivity index (χ1v) is 8.97. The molecule has 0 aliphatic heterocycles. The van der Waals surface area contributed by atoms with E-state index in [-0.39, 0.29) is 24.3 Å². The Labute approximate surface area is 140 Å². The van der Waals surface area contributed by atoms with Crippen molar-refractivity contribution in [2.24, 2.45) is 5.92 Å². The van der Waals surface area contributed by atoms with Crippen LogP contribution in [0.3, 0.4) is 0 Å². The van der Waals surface area contributed by atoms with Crippen molar-refractivity contribution in [2.45, 2.75) is 64.5 Å². The van der Waals surface area contributed by atoms with Crippen molar-refractivity contribution in [2.75, 3.05) is 5.73 Å². The molecule has 0 spiro atoms. The zero-order valence-corrected chi connectivity index (χ0v) is 14.5. The monoisotopic (exact) mass is 339 g/mol. The second kappa shape index (κ2) is 8.29. The summed E-state index contributed by atoms with van der Waals surface area (Å²) < 4.78 is 5.22. The number of nitrogens with one attached hydrogen (secondary N) is 1. The van der Waals surface area contributed by atoms with Crippen molar-refractivity contribution in [1.29, 1.82) is 0 Å². The standard InChI is InChI=1S/C16H25N3O3S/c1-10-5-3-4-6-13(10)19-15(21)11(2)22-14(20)8-7-12-9-18-16(17)23-12/h9-11,13H,3-8H2,1-2H3,(H2,17,18)(H,19,21). The second-order valence-electron chi connectivity index (χ2n) is 6.17. The Morgan fingerprint density at radius 1 is 1.48 bits per heavy atom. The van der Waals surface area contributed by atoms with Crippen LogP contribution in [-0.4, -0.2) is 29.0 Å². The molecule has 1 saturated carbocycles. The highest BCUT2D eigenvalue weighted by Gasteiger charge is 2.26. The van der Waals surface area contributed by atoms with Crippen LogP contribution in [0.25, 0.3) is 0 Å². The number of carbonyl (C=O) groups excluding carboxylic acids is 2. The number of hydrogen-bond acceptors (Lipinski definition) is 6. The number of amides is 1. The topological polar surface area (TPSA) is 94.3 Å². The number of nitrogen functional groups attached to an aromatic ring is 1. The number of thiazole rings is 1. The normalized spacial score (nSPS) is 22.3. The van der Waals surface area contributed by atoms with Gasteiger partial charge in [-0.15, -0.1) is 11.3 Å². The molecule has 3 unspecified atom stereocenters. The molecule has 2 rings (SSSR count). The van der Waals surface area contributed by atoms with Crippen LogP contribution in [0.1, 0.15) is 50.8 Å². The Morgan fingerprint density at radius 3 is 2.87 bits per heavy atom. The maximum atomic E-state index is 12.2. The van der Waals surface area contributed by atoms with Gasteiger partial charge in [-0.2, -0.15) is 0 Å². The molecule has 1 amide bonds. The van der Waals surface area contributed by atoms with Crippen LogP contribution in [0.15, 0.2) is 6.20 Å². The summed E-state index contributed by atoms with van der Waals surface area (Å²) in [6.45, 7) is 3.77. The molecule has 128 valence electrons. The minimum Gasteiger partial charge on any atom is -0.453 e. The van der Waals surface area contributed by atoms with Gasteiger partial charge >= 0.3 is 5.97 Å². The zero-order valence-electron chi connectivity index (χ0n) is 13.7. The summed E-state index contributed by atoms with van der Waals surface area (Å²) in [4.78, 5) is 28.9. The Bertz CT molecular complexity index is 546. The molecule has 1 aromatic heterocycles. The first-order chi connectivity index (χ1) is 11.0. The Balaban J connectivity index is 1.72. The molecule has 3 atom stereocenters. The predicted octanol–water partition coefficient (Wildman–Crippen LogP) is 2.28. The largest absolute Gasteiger partial charge is 0.453 e. The maximum absolute atomic E-state index is 12.2. The van der Waals surface area contributed by atoms with Gasteiger partial charge < -0.3 is 15.8 Å². The number of carbonyl (C=O) groups is 2. The highest BCUT2D eigenvalue weighted by atomic mass is 32.1. The van der Waals surface area contributed by atoms with Crippen LogP contribution in [-0.2, 0) is 20.7 Å². The molecule has 1 aliphatic rings. The third kappa shape index (κ3) is 5.49. The van der Waals surface area contributed by atoms with E-state index >= 15 is 0 Å². The molecule has 3 N–H and O–H groups in total. The average molecular weight is 339 g/mol. The fraction of sp³-hybridized carbons (Fsp3) is 0.688. The Kier molecular flexibility index (Phi) is 6.38. The highest BCUT2D eigenvalue weighted by Crippen LogP contribution is 2.23. The zero-order chi connectivity index (χ0) is 16.8. The summed E-state index contributed by atoms with van der Waals surface area (Å²) in [7, 11) is 0. The SMILES string of the molecule is CC(OC(=O)CCc1cnc(N)s1)C(=O)NC1CCCCC1C. The van der Waals surface area contributed by atoms with E-state index < -0.39 is 6.10 Å². The number of hydrogen-bond donors (Lipinski definition) is 2. The lowest BCUT2D eigenvalue weighted by molar-refractivity contribution is -0.155. The lowest BCUT2D eigenvalue weighted by atomic mass is 9.86. The van der Waals surface area contributed by atoms with Crippen LogP contribution in [0.5, 0.6) is 0 Å². The van der Waals surface area contributed by atoms with E-state index in [0.29, 0.717) is 17.5 Å². The van der Waals surface area contributed by atoms with Crippen molar-refractivity contribution in [1.82, 2.24) is 10.3 Å². The highest BCUT2D eigenvalue weighted by molar-refractivity contribution is 7.15. The first kappa shape index (κ1) is 17.7. The van der Waals surface area contributed by atoms with Crippen molar-refractivity contribution in [3.8, 4) is 0 Å². The van der Waals surface area contributed by atoms with E-state index in [4.69, 9.17) is 10.5 Å². The van der Waals surface area contributed by atoms with Gasteiger partial charge in [-0.05, 0) is 32.1 Å². The molecule has 7 heteroatoms. The van der Waals surface area contributed by atoms with Gasteiger partial charge in [0, 0.05) is 17.1 Å². The van der Waals surface area contributed by atoms with Crippen molar-refractivity contribution in [3.05, 3.63) is 11.1 Å². The van der Waals surface area contributed by atoms with Crippen LogP contribution >= 0.6 is 11.3 Å². The fourth-order valence-corrected chi connectivity index (χ4v) is 3.49. The number of ether oxygens (including phenoxy) is 1. The van der Waals surface area contributed by atoms with Gasteiger partial charge in [-0.1, -0.05) is 19.8 Å². The third-order valence-corrected chi connectivity index (χ3v) is 5.15. The van der Waals surface area contributed by atoms with E-state index in [2.05, 4.69) is 17.2 Å². The molecule has 1 aromatic rings. The lowest BCUT2D eigenvalue weighted by Crippen LogP contribution is -2.46. The molecule has 6 nitrogen and oxygen atoms in total. The van der Waals surface area contributed by atoms with Crippen LogP contribution in [0.4, 0.5) is 5.13 Å². The number of anilines is 1. The molecule has 1 heterocycles. The molecule has 0 bridgehead atoms. The van der Waals surface area contributed by atoms with Crippen LogP contribution in [0, 0.1) is 5.92 Å². The molecule has 0 aromatic carbocycles. The Morgan fingerprint density at radius 2 is 2.22 bits per heavy atom. The van der Waals surface area contributed by atoms with E-state index in [1.807, 2.05) is 0 Å². The minimum atomic E-state index is -0.761. The van der Waals surface area contributed by atoms with Crippen molar-refractivity contribution >= 4 is 28.3 Å². The molecule has 1 fully saturated rings. The van der Waals surface area contributed by atoms with E-state index in [0.717, 1.165) is 24.1 Å². The summed E-state index contributed by atoms with van der Waals surface area (Å²) in [5.41, 5.74) is 5.54. The van der Waals surface area contributed by atoms with Gasteiger partial charge in [0.25, 0.3) is 5.91 Å². The number of nitrogens with two attached hydrogens (primary N) is 1. The number of rotatable bonds is 6. The minimum absolute atomic E-state index is 0.192. The number of aryl methyl sites for hydroxylation is 1. The summed E-state index contributed by atoms with van der Waals surface area (Å²) in [6.07, 6.45) is 6.15.